The molecule has 0 radical (unpaired) electrons. The molecule has 1 unspecified atom stereocenters. The number of para-hydroxylation sites is 1. The maximum Gasteiger partial charge on any atom is 0.120 e. The molecule has 0 aliphatic rings. The molecular formula is C13H21NO2. The third-order valence-corrected chi connectivity index (χ3v) is 2.64. The van der Waals surface area contributed by atoms with Gasteiger partial charge in [0.2, 0.25) is 0 Å². The molecule has 0 aliphatic heterocycles. The van der Waals surface area contributed by atoms with E-state index in [2.05, 4.69) is 5.32 Å². The summed E-state index contributed by atoms with van der Waals surface area (Å²) in [7, 11) is 0. The smallest absolute Gasteiger partial charge is 0.120 e. The van der Waals surface area contributed by atoms with E-state index in [-0.39, 0.29) is 5.41 Å². The Morgan fingerprint density at radius 1 is 1.25 bits per heavy atom. The van der Waals surface area contributed by atoms with Crippen LogP contribution >= 0.6 is 0 Å². The van der Waals surface area contributed by atoms with Crippen molar-refractivity contribution in [2.45, 2.75) is 33.4 Å². The van der Waals surface area contributed by atoms with E-state index >= 15 is 0 Å². The molecule has 1 aromatic carbocycles. The van der Waals surface area contributed by atoms with E-state index < -0.39 is 6.10 Å². The third kappa shape index (κ3) is 3.83. The van der Waals surface area contributed by atoms with Gasteiger partial charge in [0.25, 0.3) is 0 Å². The molecule has 0 fully saturated rings. The molecule has 3 heteroatoms. The van der Waals surface area contributed by atoms with E-state index in [1.165, 1.54) is 0 Å². The fourth-order valence-electron chi connectivity index (χ4n) is 1.31. The first kappa shape index (κ1) is 13.0. The van der Waals surface area contributed by atoms with Gasteiger partial charge in [0.05, 0.1) is 6.10 Å². The van der Waals surface area contributed by atoms with Crippen LogP contribution in [0.2, 0.25) is 0 Å². The topological polar surface area (TPSA) is 52.5 Å². The Balaban J connectivity index is 2.40. The zero-order chi connectivity index (χ0) is 12.2. The van der Waals surface area contributed by atoms with Crippen molar-refractivity contribution < 1.29 is 10.2 Å². The van der Waals surface area contributed by atoms with Gasteiger partial charge in [-0.25, -0.2) is 0 Å². The van der Waals surface area contributed by atoms with Gasteiger partial charge >= 0.3 is 0 Å². The monoisotopic (exact) mass is 223 g/mol. The normalized spacial score (nSPS) is 13.8. The number of phenols is 1. The highest BCUT2D eigenvalue weighted by Gasteiger charge is 2.21. The molecule has 0 aliphatic carbocycles. The summed E-state index contributed by atoms with van der Waals surface area (Å²) in [6, 6.07) is 7.21. The predicted molar refractivity (Wildman–Crippen MR) is 65.3 cm³/mol. The zero-order valence-electron chi connectivity index (χ0n) is 10.2. The number of phenolic OH excluding ortho intramolecular Hbond substituents is 1. The lowest BCUT2D eigenvalue weighted by molar-refractivity contribution is 0.0627. The molecule has 90 valence electrons. The van der Waals surface area contributed by atoms with Crippen molar-refractivity contribution in [2.24, 2.45) is 5.41 Å². The Morgan fingerprint density at radius 3 is 2.44 bits per heavy atom. The largest absolute Gasteiger partial charge is 0.508 e. The van der Waals surface area contributed by atoms with Crippen molar-refractivity contribution in [1.29, 1.82) is 0 Å². The average Bonchev–Trinajstić information content (AvgIpc) is 2.19. The second-order valence-electron chi connectivity index (χ2n) is 5.14. The van der Waals surface area contributed by atoms with E-state index in [1.54, 1.807) is 12.1 Å². The molecule has 3 nitrogen and oxygen atoms in total. The molecule has 1 aromatic rings. The molecule has 0 amide bonds. The Hall–Kier alpha value is -1.06. The molecule has 3 N–H and O–H groups in total. The fraction of sp³-hybridized carbons (Fsp3) is 0.538. The first-order chi connectivity index (χ1) is 7.41. The number of benzene rings is 1. The van der Waals surface area contributed by atoms with Gasteiger partial charge < -0.3 is 15.5 Å². The van der Waals surface area contributed by atoms with Gasteiger partial charge in [0, 0.05) is 18.7 Å². The van der Waals surface area contributed by atoms with Crippen molar-refractivity contribution in [3.63, 3.8) is 0 Å². The second-order valence-corrected chi connectivity index (χ2v) is 5.14. The van der Waals surface area contributed by atoms with Crippen LogP contribution in [0, 0.1) is 5.41 Å². The highest BCUT2D eigenvalue weighted by atomic mass is 16.3. The predicted octanol–water partition coefficient (Wildman–Crippen LogP) is 1.89. The zero-order valence-corrected chi connectivity index (χ0v) is 10.2. The highest BCUT2D eigenvalue weighted by molar-refractivity contribution is 5.31. The Morgan fingerprint density at radius 2 is 1.88 bits per heavy atom. The molecule has 0 heterocycles. The molecule has 0 saturated heterocycles. The van der Waals surface area contributed by atoms with Gasteiger partial charge in [0.1, 0.15) is 5.75 Å². The van der Waals surface area contributed by atoms with E-state index in [9.17, 15) is 10.2 Å². The first-order valence-corrected chi connectivity index (χ1v) is 5.57. The fourth-order valence-corrected chi connectivity index (χ4v) is 1.31. The molecule has 16 heavy (non-hydrogen) atoms. The van der Waals surface area contributed by atoms with Crippen LogP contribution in [0.5, 0.6) is 5.75 Å². The summed E-state index contributed by atoms with van der Waals surface area (Å²) >= 11 is 0. The summed E-state index contributed by atoms with van der Waals surface area (Å²) in [5.74, 6) is 0.292. The van der Waals surface area contributed by atoms with Crippen molar-refractivity contribution in [3.8, 4) is 5.75 Å². The van der Waals surface area contributed by atoms with Crippen LogP contribution in [0.25, 0.3) is 0 Å². The summed E-state index contributed by atoms with van der Waals surface area (Å²) in [5.41, 5.74) is 0.731. The summed E-state index contributed by atoms with van der Waals surface area (Å²) < 4.78 is 0. The van der Waals surface area contributed by atoms with Gasteiger partial charge in [-0.05, 0) is 11.5 Å². The van der Waals surface area contributed by atoms with Crippen LogP contribution in [0.1, 0.15) is 26.3 Å². The van der Waals surface area contributed by atoms with E-state index in [0.29, 0.717) is 18.8 Å². The lowest BCUT2D eigenvalue weighted by Gasteiger charge is -2.26. The number of aromatic hydroxyl groups is 1. The van der Waals surface area contributed by atoms with Gasteiger partial charge in [-0.2, -0.15) is 0 Å². The molecule has 0 aromatic heterocycles. The van der Waals surface area contributed by atoms with Gasteiger partial charge in [-0.1, -0.05) is 39.0 Å². The quantitative estimate of drug-likeness (QED) is 0.730. The molecular weight excluding hydrogens is 202 g/mol. The molecule has 1 rings (SSSR count). The van der Waals surface area contributed by atoms with Gasteiger partial charge in [-0.3, -0.25) is 0 Å². The van der Waals surface area contributed by atoms with Gasteiger partial charge in [0.15, 0.2) is 0 Å². The van der Waals surface area contributed by atoms with E-state index in [0.717, 1.165) is 5.56 Å². The van der Waals surface area contributed by atoms with Crippen molar-refractivity contribution in [3.05, 3.63) is 29.8 Å². The van der Waals surface area contributed by atoms with Crippen LogP contribution in [-0.4, -0.2) is 22.9 Å². The van der Waals surface area contributed by atoms with Crippen molar-refractivity contribution in [2.75, 3.05) is 6.54 Å². The number of rotatable bonds is 4. The number of nitrogens with one attached hydrogen (secondary N) is 1. The summed E-state index contributed by atoms with van der Waals surface area (Å²) in [6.45, 7) is 7.09. The van der Waals surface area contributed by atoms with E-state index in [4.69, 9.17) is 0 Å². The lowest BCUT2D eigenvalue weighted by atomic mass is 9.89. The van der Waals surface area contributed by atoms with E-state index in [1.807, 2.05) is 32.9 Å². The number of aliphatic hydroxyl groups is 1. The van der Waals surface area contributed by atoms with Crippen LogP contribution in [0.3, 0.4) is 0 Å². The van der Waals surface area contributed by atoms with Crippen LogP contribution in [0.15, 0.2) is 24.3 Å². The molecule has 0 spiro atoms. The SMILES string of the molecule is CC(C)(C)C(O)CNCc1ccccc1O. The van der Waals surface area contributed by atoms with Crippen molar-refractivity contribution in [1.82, 2.24) is 5.32 Å². The summed E-state index contributed by atoms with van der Waals surface area (Å²) in [4.78, 5) is 0. The van der Waals surface area contributed by atoms with Gasteiger partial charge in [-0.15, -0.1) is 0 Å². The number of aliphatic hydroxyl groups excluding tert-OH is 1. The minimum atomic E-state index is -0.390. The van der Waals surface area contributed by atoms with Crippen LogP contribution in [0.4, 0.5) is 0 Å². The standard InChI is InChI=1S/C13H21NO2/c1-13(2,3)12(16)9-14-8-10-6-4-5-7-11(10)15/h4-7,12,14-16H,8-9H2,1-3H3. The van der Waals surface area contributed by atoms with Crippen LogP contribution in [-0.2, 0) is 6.54 Å². The van der Waals surface area contributed by atoms with Crippen molar-refractivity contribution >= 4 is 0 Å². The van der Waals surface area contributed by atoms with Crippen LogP contribution < -0.4 is 5.32 Å². The second kappa shape index (κ2) is 5.32. The Bertz CT molecular complexity index is 331. The number of hydrogen-bond acceptors (Lipinski definition) is 3. The average molecular weight is 223 g/mol. The minimum Gasteiger partial charge on any atom is -0.508 e. The number of hydrogen-bond donors (Lipinski definition) is 3. The molecule has 0 saturated carbocycles. The minimum absolute atomic E-state index is 0.119. The third-order valence-electron chi connectivity index (χ3n) is 2.64. The summed E-state index contributed by atoms with van der Waals surface area (Å²) in [6.07, 6.45) is -0.390. The molecule has 0 bridgehead atoms. The first-order valence-electron chi connectivity index (χ1n) is 5.57. The molecule has 1 atom stereocenters. The maximum absolute atomic E-state index is 9.81. The Labute approximate surface area is 97.1 Å². The maximum atomic E-state index is 9.81. The highest BCUT2D eigenvalue weighted by Crippen LogP contribution is 2.19. The summed E-state index contributed by atoms with van der Waals surface area (Å²) in [5, 5.41) is 22.5. The lowest BCUT2D eigenvalue weighted by Crippen LogP contribution is -2.36. The Kier molecular flexibility index (Phi) is 4.33.